The molecule has 2 N–H and O–H groups in total. The van der Waals surface area contributed by atoms with Crippen molar-refractivity contribution in [2.24, 2.45) is 0 Å². The van der Waals surface area contributed by atoms with E-state index in [1.165, 1.54) is 5.56 Å². The van der Waals surface area contributed by atoms with Gasteiger partial charge in [0.1, 0.15) is 18.0 Å². The number of aliphatic hydroxyl groups excluding tert-OH is 1. The summed E-state index contributed by atoms with van der Waals surface area (Å²) in [4.78, 5) is 13.5. The van der Waals surface area contributed by atoms with E-state index < -0.39 is 0 Å². The third kappa shape index (κ3) is 5.12. The fourth-order valence-electron chi connectivity index (χ4n) is 4.25. The fourth-order valence-corrected chi connectivity index (χ4v) is 4.57. The van der Waals surface area contributed by atoms with E-state index in [1.54, 1.807) is 6.33 Å². The largest absolute Gasteiger partial charge is 0.394 e. The molecule has 1 unspecified atom stereocenters. The van der Waals surface area contributed by atoms with Crippen LogP contribution in [0, 0.1) is 0 Å². The number of aromatic nitrogens is 2. The van der Waals surface area contributed by atoms with Gasteiger partial charge in [0.25, 0.3) is 0 Å². The van der Waals surface area contributed by atoms with Crippen molar-refractivity contribution in [1.29, 1.82) is 0 Å². The lowest BCUT2D eigenvalue weighted by Gasteiger charge is -2.33. The summed E-state index contributed by atoms with van der Waals surface area (Å²) < 4.78 is 0. The molecule has 8 heteroatoms. The number of hydrogen-bond acceptors (Lipinski definition) is 6. The minimum absolute atomic E-state index is 0.169. The SMILES string of the molecule is OCC1CCCN1c1cc(NC2CCN(Cc3ccc(Cl)c(Cl)c3)CC2)ncn1. The molecule has 1 aromatic heterocycles. The molecular formula is C21H27Cl2N5O. The first-order chi connectivity index (χ1) is 14.1. The minimum atomic E-state index is 0.169. The van der Waals surface area contributed by atoms with Crippen molar-refractivity contribution < 1.29 is 5.11 Å². The van der Waals surface area contributed by atoms with Gasteiger partial charge in [0.05, 0.1) is 22.7 Å². The van der Waals surface area contributed by atoms with Gasteiger partial charge in [0, 0.05) is 38.3 Å². The number of benzene rings is 1. The van der Waals surface area contributed by atoms with Gasteiger partial charge in [-0.15, -0.1) is 0 Å². The van der Waals surface area contributed by atoms with Crippen LogP contribution in [0.1, 0.15) is 31.2 Å². The number of rotatable bonds is 6. The third-order valence-electron chi connectivity index (χ3n) is 5.86. The maximum atomic E-state index is 9.57. The van der Waals surface area contributed by atoms with E-state index in [1.807, 2.05) is 24.3 Å². The second-order valence-electron chi connectivity index (χ2n) is 7.88. The lowest BCUT2D eigenvalue weighted by molar-refractivity contribution is 0.211. The van der Waals surface area contributed by atoms with E-state index in [0.717, 1.165) is 63.5 Å². The summed E-state index contributed by atoms with van der Waals surface area (Å²) in [5.41, 5.74) is 1.19. The predicted octanol–water partition coefficient (Wildman–Crippen LogP) is 3.82. The van der Waals surface area contributed by atoms with Gasteiger partial charge in [-0.3, -0.25) is 4.90 Å². The molecule has 3 heterocycles. The van der Waals surface area contributed by atoms with Crippen LogP contribution >= 0.6 is 23.2 Å². The summed E-state index contributed by atoms with van der Waals surface area (Å²) >= 11 is 12.1. The number of nitrogens with zero attached hydrogens (tertiary/aromatic N) is 4. The zero-order chi connectivity index (χ0) is 20.2. The number of nitrogens with one attached hydrogen (secondary N) is 1. The summed E-state index contributed by atoms with van der Waals surface area (Å²) in [6, 6.07) is 8.43. The van der Waals surface area contributed by atoms with Crippen LogP contribution in [0.5, 0.6) is 0 Å². The van der Waals surface area contributed by atoms with E-state index in [-0.39, 0.29) is 12.6 Å². The molecule has 29 heavy (non-hydrogen) atoms. The van der Waals surface area contributed by atoms with Crippen LogP contribution in [0.3, 0.4) is 0 Å². The molecule has 0 amide bonds. The molecule has 2 aliphatic heterocycles. The highest BCUT2D eigenvalue weighted by molar-refractivity contribution is 6.42. The van der Waals surface area contributed by atoms with E-state index in [4.69, 9.17) is 23.2 Å². The van der Waals surface area contributed by atoms with E-state index >= 15 is 0 Å². The van der Waals surface area contributed by atoms with Crippen molar-refractivity contribution in [1.82, 2.24) is 14.9 Å². The molecule has 4 rings (SSSR count). The van der Waals surface area contributed by atoms with Crippen molar-refractivity contribution in [3.8, 4) is 0 Å². The third-order valence-corrected chi connectivity index (χ3v) is 6.60. The highest BCUT2D eigenvalue weighted by Gasteiger charge is 2.25. The van der Waals surface area contributed by atoms with Gasteiger partial charge in [-0.05, 0) is 43.4 Å². The van der Waals surface area contributed by atoms with Crippen molar-refractivity contribution in [3.63, 3.8) is 0 Å². The summed E-state index contributed by atoms with van der Waals surface area (Å²) in [5.74, 6) is 1.76. The highest BCUT2D eigenvalue weighted by Crippen LogP contribution is 2.26. The molecule has 2 fully saturated rings. The van der Waals surface area contributed by atoms with Crippen LogP contribution in [0.2, 0.25) is 10.0 Å². The van der Waals surface area contributed by atoms with Gasteiger partial charge in [0.2, 0.25) is 0 Å². The second kappa shape index (κ2) is 9.47. The Kier molecular flexibility index (Phi) is 6.75. The maximum Gasteiger partial charge on any atom is 0.134 e. The van der Waals surface area contributed by atoms with Crippen molar-refractivity contribution in [2.75, 3.05) is 36.5 Å². The molecule has 2 saturated heterocycles. The van der Waals surface area contributed by atoms with Gasteiger partial charge >= 0.3 is 0 Å². The molecule has 1 atom stereocenters. The number of halogens is 2. The van der Waals surface area contributed by atoms with Crippen molar-refractivity contribution in [3.05, 3.63) is 46.2 Å². The van der Waals surface area contributed by atoms with Crippen LogP contribution in [0.15, 0.2) is 30.6 Å². The monoisotopic (exact) mass is 435 g/mol. The van der Waals surface area contributed by atoms with Crippen LogP contribution in [-0.4, -0.2) is 58.3 Å². The first-order valence-electron chi connectivity index (χ1n) is 10.2. The number of hydrogen-bond donors (Lipinski definition) is 2. The summed E-state index contributed by atoms with van der Waals surface area (Å²) in [7, 11) is 0. The smallest absolute Gasteiger partial charge is 0.134 e. The summed E-state index contributed by atoms with van der Waals surface area (Å²) in [6.07, 6.45) is 5.84. The van der Waals surface area contributed by atoms with E-state index in [2.05, 4.69) is 25.1 Å². The summed E-state index contributed by atoms with van der Waals surface area (Å²) in [5, 5.41) is 14.4. The lowest BCUT2D eigenvalue weighted by atomic mass is 10.0. The Hall–Kier alpha value is -1.60. The number of piperidine rings is 1. The maximum absolute atomic E-state index is 9.57. The molecule has 2 aliphatic rings. The Morgan fingerprint density at radius 3 is 2.62 bits per heavy atom. The molecule has 156 valence electrons. The molecule has 0 bridgehead atoms. The van der Waals surface area contributed by atoms with Gasteiger partial charge in [-0.1, -0.05) is 29.3 Å². The lowest BCUT2D eigenvalue weighted by Crippen LogP contribution is -2.39. The van der Waals surface area contributed by atoms with Crippen LogP contribution in [0.25, 0.3) is 0 Å². The average molecular weight is 436 g/mol. The Morgan fingerprint density at radius 1 is 1.03 bits per heavy atom. The van der Waals surface area contributed by atoms with Crippen LogP contribution in [-0.2, 0) is 6.54 Å². The molecule has 1 aromatic carbocycles. The second-order valence-corrected chi connectivity index (χ2v) is 8.69. The minimum Gasteiger partial charge on any atom is -0.394 e. The van der Waals surface area contributed by atoms with E-state index in [9.17, 15) is 5.11 Å². The summed E-state index contributed by atoms with van der Waals surface area (Å²) in [6.45, 7) is 4.04. The highest BCUT2D eigenvalue weighted by atomic mass is 35.5. The molecule has 2 aromatic rings. The number of aliphatic hydroxyl groups is 1. The molecule has 0 spiro atoms. The van der Waals surface area contributed by atoms with Crippen molar-refractivity contribution >= 4 is 34.8 Å². The van der Waals surface area contributed by atoms with Crippen molar-refractivity contribution in [2.45, 2.75) is 44.3 Å². The fraction of sp³-hybridized carbons (Fsp3) is 0.524. The van der Waals surface area contributed by atoms with Gasteiger partial charge < -0.3 is 15.3 Å². The zero-order valence-corrected chi connectivity index (χ0v) is 17.9. The normalized spacial score (nSPS) is 20.9. The Labute approximate surface area is 181 Å². The van der Waals surface area contributed by atoms with Gasteiger partial charge in [-0.25, -0.2) is 9.97 Å². The predicted molar refractivity (Wildman–Crippen MR) is 118 cm³/mol. The average Bonchev–Trinajstić information content (AvgIpc) is 3.21. The molecule has 6 nitrogen and oxygen atoms in total. The van der Waals surface area contributed by atoms with Gasteiger partial charge in [0.15, 0.2) is 0 Å². The van der Waals surface area contributed by atoms with Crippen LogP contribution in [0.4, 0.5) is 11.6 Å². The number of likely N-dealkylation sites (tertiary alicyclic amines) is 1. The standard InChI is InChI=1S/C21H27Cl2N5O/c22-18-4-3-15(10-19(18)23)12-27-8-5-16(6-9-27)26-20-11-21(25-14-24-20)28-7-1-2-17(28)13-29/h3-4,10-11,14,16-17,29H,1-2,5-9,12-13H2,(H,24,25,26). The quantitative estimate of drug-likeness (QED) is 0.718. The molecular weight excluding hydrogens is 409 g/mol. The topological polar surface area (TPSA) is 64.5 Å². The zero-order valence-electron chi connectivity index (χ0n) is 16.4. The number of anilines is 2. The molecule has 0 saturated carbocycles. The Morgan fingerprint density at radius 2 is 1.86 bits per heavy atom. The van der Waals surface area contributed by atoms with Gasteiger partial charge in [-0.2, -0.15) is 0 Å². The first kappa shape index (κ1) is 20.7. The van der Waals surface area contributed by atoms with Crippen LogP contribution < -0.4 is 10.2 Å². The molecule has 0 aliphatic carbocycles. The molecule has 0 radical (unpaired) electrons. The van der Waals surface area contributed by atoms with E-state index in [0.29, 0.717) is 16.1 Å². The first-order valence-corrected chi connectivity index (χ1v) is 11.0. The Balaban J connectivity index is 1.30. The Bertz CT molecular complexity index is 828.